The van der Waals surface area contributed by atoms with Crippen LogP contribution in [0, 0.1) is 0 Å². The minimum Gasteiger partial charge on any atom is -0.478 e. The van der Waals surface area contributed by atoms with Crippen molar-refractivity contribution in [1.82, 2.24) is 9.55 Å². The van der Waals surface area contributed by atoms with Gasteiger partial charge in [-0.2, -0.15) is 0 Å². The standard InChI is InChI=1S/C13H12N2O2/c16-13(17)3-1-2-11-4-6-12(7-5-11)15-9-8-14-10-15/h1,3-10H,2H2,(H,16,17)/b3-1+. The van der Waals surface area contributed by atoms with Gasteiger partial charge >= 0.3 is 5.97 Å². The molecule has 4 nitrogen and oxygen atoms in total. The normalized spacial score (nSPS) is 10.8. The lowest BCUT2D eigenvalue weighted by Gasteiger charge is -2.02. The first kappa shape index (κ1) is 11.1. The van der Waals surface area contributed by atoms with Crippen LogP contribution in [0.4, 0.5) is 0 Å². The molecule has 1 aromatic heterocycles. The van der Waals surface area contributed by atoms with Crippen molar-refractivity contribution in [2.24, 2.45) is 0 Å². The number of imidazole rings is 1. The largest absolute Gasteiger partial charge is 0.478 e. The second kappa shape index (κ2) is 5.12. The monoisotopic (exact) mass is 228 g/mol. The van der Waals surface area contributed by atoms with Crippen LogP contribution in [0.2, 0.25) is 0 Å². The zero-order valence-corrected chi connectivity index (χ0v) is 9.15. The molecule has 0 radical (unpaired) electrons. The maximum absolute atomic E-state index is 10.3. The number of benzene rings is 1. The zero-order valence-electron chi connectivity index (χ0n) is 9.15. The number of hydrogen-bond acceptors (Lipinski definition) is 2. The van der Waals surface area contributed by atoms with Crippen LogP contribution in [0.1, 0.15) is 5.56 Å². The number of carbonyl (C=O) groups is 1. The average molecular weight is 228 g/mol. The van der Waals surface area contributed by atoms with Crippen LogP contribution >= 0.6 is 0 Å². The minimum atomic E-state index is -0.917. The van der Waals surface area contributed by atoms with Crippen LogP contribution in [0.3, 0.4) is 0 Å². The predicted molar refractivity (Wildman–Crippen MR) is 64.0 cm³/mol. The van der Waals surface area contributed by atoms with Crippen molar-refractivity contribution < 1.29 is 9.90 Å². The average Bonchev–Trinajstić information content (AvgIpc) is 2.83. The molecule has 86 valence electrons. The van der Waals surface area contributed by atoms with Gasteiger partial charge in [-0.25, -0.2) is 9.78 Å². The Hall–Kier alpha value is -2.36. The van der Waals surface area contributed by atoms with Gasteiger partial charge in [0.1, 0.15) is 0 Å². The molecule has 0 spiro atoms. The molecule has 0 amide bonds. The third kappa shape index (κ3) is 3.04. The summed E-state index contributed by atoms with van der Waals surface area (Å²) < 4.78 is 1.91. The summed E-state index contributed by atoms with van der Waals surface area (Å²) >= 11 is 0. The van der Waals surface area contributed by atoms with E-state index in [1.807, 2.05) is 35.0 Å². The van der Waals surface area contributed by atoms with Gasteiger partial charge in [0.05, 0.1) is 6.33 Å². The second-order valence-electron chi connectivity index (χ2n) is 3.58. The first-order valence-corrected chi connectivity index (χ1v) is 5.22. The molecule has 0 saturated carbocycles. The number of carboxylic acids is 1. The predicted octanol–water partition coefficient (Wildman–Crippen LogP) is 2.06. The number of carboxylic acid groups (broad SMARTS) is 1. The number of aliphatic carboxylic acids is 1. The van der Waals surface area contributed by atoms with Crippen LogP contribution < -0.4 is 0 Å². The van der Waals surface area contributed by atoms with Gasteiger partial charge in [0, 0.05) is 24.2 Å². The van der Waals surface area contributed by atoms with Gasteiger partial charge in [0.15, 0.2) is 0 Å². The van der Waals surface area contributed by atoms with Crippen LogP contribution in [-0.4, -0.2) is 20.6 Å². The molecule has 1 heterocycles. The van der Waals surface area contributed by atoms with Crippen molar-refractivity contribution in [3.8, 4) is 5.69 Å². The van der Waals surface area contributed by atoms with Gasteiger partial charge < -0.3 is 9.67 Å². The molecular weight excluding hydrogens is 216 g/mol. The molecule has 0 aliphatic rings. The van der Waals surface area contributed by atoms with E-state index < -0.39 is 5.97 Å². The van der Waals surface area contributed by atoms with Crippen LogP contribution in [0.15, 0.2) is 55.1 Å². The Labute approximate surface area is 98.9 Å². The summed E-state index contributed by atoms with van der Waals surface area (Å²) in [7, 11) is 0. The summed E-state index contributed by atoms with van der Waals surface area (Å²) in [6.07, 6.45) is 8.75. The zero-order chi connectivity index (χ0) is 12.1. The molecule has 0 aliphatic carbocycles. The van der Waals surface area contributed by atoms with Gasteiger partial charge in [-0.1, -0.05) is 18.2 Å². The lowest BCUT2D eigenvalue weighted by Crippen LogP contribution is -1.91. The van der Waals surface area contributed by atoms with Crippen LogP contribution in [-0.2, 0) is 11.2 Å². The van der Waals surface area contributed by atoms with Gasteiger partial charge in [-0.05, 0) is 24.1 Å². The third-order valence-electron chi connectivity index (χ3n) is 2.35. The Morgan fingerprint density at radius 3 is 2.71 bits per heavy atom. The molecule has 0 unspecified atom stereocenters. The van der Waals surface area contributed by atoms with E-state index in [-0.39, 0.29) is 0 Å². The summed E-state index contributed by atoms with van der Waals surface area (Å²) in [5.41, 5.74) is 2.11. The second-order valence-corrected chi connectivity index (χ2v) is 3.58. The van der Waals surface area contributed by atoms with E-state index in [9.17, 15) is 4.79 Å². The molecule has 1 N–H and O–H groups in total. The molecule has 2 aromatic rings. The van der Waals surface area contributed by atoms with Crippen LogP contribution in [0.5, 0.6) is 0 Å². The fraction of sp³-hybridized carbons (Fsp3) is 0.0769. The molecule has 2 rings (SSSR count). The lowest BCUT2D eigenvalue weighted by molar-refractivity contribution is -0.131. The van der Waals surface area contributed by atoms with E-state index in [1.165, 1.54) is 0 Å². The summed E-state index contributed by atoms with van der Waals surface area (Å²) in [6.45, 7) is 0. The van der Waals surface area contributed by atoms with Crippen molar-refractivity contribution in [2.75, 3.05) is 0 Å². The summed E-state index contributed by atoms with van der Waals surface area (Å²) in [4.78, 5) is 14.3. The first-order valence-electron chi connectivity index (χ1n) is 5.22. The highest BCUT2D eigenvalue weighted by atomic mass is 16.4. The summed E-state index contributed by atoms with van der Waals surface area (Å²) in [6, 6.07) is 7.90. The third-order valence-corrected chi connectivity index (χ3v) is 2.35. The van der Waals surface area contributed by atoms with Crippen molar-refractivity contribution in [1.29, 1.82) is 0 Å². The van der Waals surface area contributed by atoms with Gasteiger partial charge in [-0.3, -0.25) is 0 Å². The Morgan fingerprint density at radius 1 is 1.35 bits per heavy atom. The van der Waals surface area contributed by atoms with E-state index >= 15 is 0 Å². The summed E-state index contributed by atoms with van der Waals surface area (Å²) in [5.74, 6) is -0.917. The molecule has 4 heteroatoms. The van der Waals surface area contributed by atoms with E-state index in [0.717, 1.165) is 17.3 Å². The number of allylic oxidation sites excluding steroid dienone is 1. The van der Waals surface area contributed by atoms with Crippen molar-refractivity contribution in [2.45, 2.75) is 6.42 Å². The molecule has 0 atom stereocenters. The van der Waals surface area contributed by atoms with Crippen molar-refractivity contribution >= 4 is 5.97 Å². The fourth-order valence-electron chi connectivity index (χ4n) is 1.51. The SMILES string of the molecule is O=C(O)/C=C/Cc1ccc(-n2ccnc2)cc1. The van der Waals surface area contributed by atoms with E-state index in [0.29, 0.717) is 6.42 Å². The van der Waals surface area contributed by atoms with Gasteiger partial charge in [-0.15, -0.1) is 0 Å². The molecular formula is C13H12N2O2. The number of hydrogen-bond donors (Lipinski definition) is 1. The van der Waals surface area contributed by atoms with Gasteiger partial charge in [0.2, 0.25) is 0 Å². The molecule has 0 aliphatic heterocycles. The van der Waals surface area contributed by atoms with E-state index in [1.54, 1.807) is 18.6 Å². The highest BCUT2D eigenvalue weighted by molar-refractivity contribution is 5.79. The number of rotatable bonds is 4. The Kier molecular flexibility index (Phi) is 3.35. The van der Waals surface area contributed by atoms with Gasteiger partial charge in [0.25, 0.3) is 0 Å². The highest BCUT2D eigenvalue weighted by Gasteiger charge is 1.95. The molecule has 0 bridgehead atoms. The molecule has 1 aromatic carbocycles. The molecule has 0 fully saturated rings. The number of nitrogens with zero attached hydrogens (tertiary/aromatic N) is 2. The smallest absolute Gasteiger partial charge is 0.327 e. The van der Waals surface area contributed by atoms with E-state index in [4.69, 9.17) is 5.11 Å². The Morgan fingerprint density at radius 2 is 2.12 bits per heavy atom. The highest BCUT2D eigenvalue weighted by Crippen LogP contribution is 2.09. The van der Waals surface area contributed by atoms with E-state index in [2.05, 4.69) is 4.98 Å². The quantitative estimate of drug-likeness (QED) is 0.815. The molecule has 17 heavy (non-hydrogen) atoms. The summed E-state index contributed by atoms with van der Waals surface area (Å²) in [5, 5.41) is 8.46. The lowest BCUT2D eigenvalue weighted by atomic mass is 10.1. The van der Waals surface area contributed by atoms with Crippen molar-refractivity contribution in [3.63, 3.8) is 0 Å². The minimum absolute atomic E-state index is 0.622. The van der Waals surface area contributed by atoms with Crippen molar-refractivity contribution in [3.05, 3.63) is 60.7 Å². The Balaban J connectivity index is 2.06. The fourth-order valence-corrected chi connectivity index (χ4v) is 1.51. The maximum atomic E-state index is 10.3. The molecule has 0 saturated heterocycles. The first-order chi connectivity index (χ1) is 8.25. The number of aromatic nitrogens is 2. The Bertz CT molecular complexity index is 513. The van der Waals surface area contributed by atoms with Crippen LogP contribution in [0.25, 0.3) is 5.69 Å². The maximum Gasteiger partial charge on any atom is 0.327 e. The topological polar surface area (TPSA) is 55.1 Å².